The zero-order valence-electron chi connectivity index (χ0n) is 20.5. The van der Waals surface area contributed by atoms with Gasteiger partial charge in [0.1, 0.15) is 0 Å². The van der Waals surface area contributed by atoms with Gasteiger partial charge in [0.2, 0.25) is 0 Å². The molecule has 5 aliphatic rings. The first-order chi connectivity index (χ1) is 15.3. The smallest absolute Gasteiger partial charge is 0.318 e. The van der Waals surface area contributed by atoms with Crippen molar-refractivity contribution in [3.63, 3.8) is 0 Å². The molecule has 33 heavy (non-hydrogen) atoms. The van der Waals surface area contributed by atoms with Crippen LogP contribution in [0.1, 0.15) is 85.0 Å². The van der Waals surface area contributed by atoms with Crippen LogP contribution in [0.25, 0.3) is 0 Å². The number of oxime groups is 1. The van der Waals surface area contributed by atoms with Crippen molar-refractivity contribution in [1.29, 1.82) is 0 Å². The van der Waals surface area contributed by atoms with E-state index in [2.05, 4.69) is 31.2 Å². The summed E-state index contributed by atoms with van der Waals surface area (Å²) in [6.45, 7) is 8.70. The van der Waals surface area contributed by atoms with E-state index < -0.39 is 0 Å². The largest absolute Gasteiger partial charge is 0.339 e. The molecule has 0 bridgehead atoms. The molecule has 5 nitrogen and oxygen atoms in total. The Morgan fingerprint density at radius 1 is 1.09 bits per heavy atom. The Bertz CT molecular complexity index is 848. The molecule has 3 saturated carbocycles. The standard InChI is InChI=1S/C27H40N2O3.ClH/c1-17(29-32-25(31)18-5-4-14-28-16-18)22-8-9-23-21-7-6-19-15-20(30)10-12-26(19,2)24(21)11-13-27(22,23)3;/h15,18,21-24,28H,4-14,16H2,1-3H3;1H/b29-17+;/t18-,21-,22+,23-,24-,26-,27+;/m0./s1. The van der Waals surface area contributed by atoms with Crippen LogP contribution in [0.5, 0.6) is 0 Å². The molecule has 0 aromatic heterocycles. The maximum Gasteiger partial charge on any atom is 0.339 e. The summed E-state index contributed by atoms with van der Waals surface area (Å²) in [6, 6.07) is 0. The van der Waals surface area contributed by atoms with Gasteiger partial charge in [0.25, 0.3) is 0 Å². The van der Waals surface area contributed by atoms with Gasteiger partial charge >= 0.3 is 5.97 Å². The van der Waals surface area contributed by atoms with E-state index in [9.17, 15) is 9.59 Å². The number of piperidine rings is 1. The van der Waals surface area contributed by atoms with Crippen molar-refractivity contribution in [2.45, 2.75) is 85.0 Å². The number of hydrogen-bond donors (Lipinski definition) is 1. The number of nitrogens with zero attached hydrogens (tertiary/aromatic N) is 1. The Hall–Kier alpha value is -1.20. The van der Waals surface area contributed by atoms with E-state index in [1.54, 1.807) is 0 Å². The molecule has 6 heteroatoms. The minimum Gasteiger partial charge on any atom is -0.318 e. The number of halogens is 1. The fraction of sp³-hybridized carbons (Fsp3) is 0.815. The fourth-order valence-electron chi connectivity index (χ4n) is 8.55. The molecular weight excluding hydrogens is 436 g/mol. The van der Waals surface area contributed by atoms with E-state index in [1.807, 2.05) is 6.08 Å². The van der Waals surface area contributed by atoms with Gasteiger partial charge in [0.05, 0.1) is 11.6 Å². The highest BCUT2D eigenvalue weighted by molar-refractivity contribution is 5.91. The molecule has 0 spiro atoms. The highest BCUT2D eigenvalue weighted by Crippen LogP contribution is 2.66. The Balaban J connectivity index is 0.00000259. The number of rotatable bonds is 3. The monoisotopic (exact) mass is 476 g/mol. The molecule has 5 rings (SSSR count). The normalized spacial score (nSPS) is 42.9. The second-order valence-corrected chi connectivity index (χ2v) is 11.8. The number of hydrogen-bond acceptors (Lipinski definition) is 5. The molecule has 1 aliphatic heterocycles. The van der Waals surface area contributed by atoms with Crippen LogP contribution in [0.4, 0.5) is 0 Å². The quantitative estimate of drug-likeness (QED) is 0.333. The maximum absolute atomic E-state index is 12.5. The van der Waals surface area contributed by atoms with Crippen molar-refractivity contribution in [2.75, 3.05) is 13.1 Å². The Morgan fingerprint density at radius 3 is 2.67 bits per heavy atom. The summed E-state index contributed by atoms with van der Waals surface area (Å²) in [5, 5.41) is 7.68. The van der Waals surface area contributed by atoms with Crippen molar-refractivity contribution in [3.8, 4) is 0 Å². The SMILES string of the molecule is C/C(=N\OC(=O)[C@H]1CCCNC1)[C@H]1CC[C@H]2[C@@H]3CCC4=CC(=O)CC[C@]4(C)[C@H]3CC[C@]12C.Cl. The number of ketones is 1. The molecule has 184 valence electrons. The van der Waals surface area contributed by atoms with Gasteiger partial charge in [-0.05, 0) is 106 Å². The van der Waals surface area contributed by atoms with Gasteiger partial charge in [-0.15, -0.1) is 12.4 Å². The molecule has 0 aromatic rings. The third kappa shape index (κ3) is 4.22. The first-order valence-electron chi connectivity index (χ1n) is 13.0. The summed E-state index contributed by atoms with van der Waals surface area (Å²) in [7, 11) is 0. The molecule has 0 aromatic carbocycles. The van der Waals surface area contributed by atoms with Crippen LogP contribution < -0.4 is 5.32 Å². The minimum atomic E-state index is -0.175. The third-order valence-corrected chi connectivity index (χ3v) is 10.4. The van der Waals surface area contributed by atoms with E-state index in [0.29, 0.717) is 30.1 Å². The molecule has 7 atom stereocenters. The number of allylic oxidation sites excluding steroid dienone is 1. The van der Waals surface area contributed by atoms with Gasteiger partial charge in [-0.1, -0.05) is 24.6 Å². The summed E-state index contributed by atoms with van der Waals surface area (Å²) in [5.41, 5.74) is 2.92. The predicted molar refractivity (Wildman–Crippen MR) is 132 cm³/mol. The summed E-state index contributed by atoms with van der Waals surface area (Å²) in [4.78, 5) is 30.0. The van der Waals surface area contributed by atoms with E-state index in [0.717, 1.165) is 56.7 Å². The lowest BCUT2D eigenvalue weighted by molar-refractivity contribution is -0.149. The van der Waals surface area contributed by atoms with Gasteiger partial charge in [-0.2, -0.15) is 0 Å². The van der Waals surface area contributed by atoms with Crippen molar-refractivity contribution >= 4 is 29.9 Å². The van der Waals surface area contributed by atoms with Crippen LogP contribution in [-0.2, 0) is 14.4 Å². The van der Waals surface area contributed by atoms with Crippen LogP contribution in [0.2, 0.25) is 0 Å². The van der Waals surface area contributed by atoms with Crippen molar-refractivity contribution in [1.82, 2.24) is 5.32 Å². The number of nitrogens with one attached hydrogen (secondary N) is 1. The molecule has 1 heterocycles. The van der Waals surface area contributed by atoms with E-state index in [4.69, 9.17) is 4.84 Å². The number of carbonyl (C=O) groups is 2. The highest BCUT2D eigenvalue weighted by atomic mass is 35.5. The molecule has 1 N–H and O–H groups in total. The van der Waals surface area contributed by atoms with Gasteiger partial charge in [0.15, 0.2) is 5.78 Å². The van der Waals surface area contributed by atoms with Gasteiger partial charge < -0.3 is 10.2 Å². The molecule has 0 amide bonds. The molecule has 1 saturated heterocycles. The summed E-state index contributed by atoms with van der Waals surface area (Å²) in [6.07, 6.45) is 12.9. The van der Waals surface area contributed by atoms with Crippen molar-refractivity contribution in [3.05, 3.63) is 11.6 Å². The lowest BCUT2D eigenvalue weighted by Gasteiger charge is -2.58. The lowest BCUT2D eigenvalue weighted by Crippen LogP contribution is -2.51. The zero-order valence-corrected chi connectivity index (χ0v) is 21.3. The van der Waals surface area contributed by atoms with Crippen LogP contribution in [0.15, 0.2) is 16.8 Å². The van der Waals surface area contributed by atoms with Crippen LogP contribution in [0, 0.1) is 40.4 Å². The van der Waals surface area contributed by atoms with Crippen LogP contribution >= 0.6 is 12.4 Å². The van der Waals surface area contributed by atoms with Gasteiger partial charge in [-0.25, -0.2) is 4.79 Å². The molecule has 4 aliphatic carbocycles. The van der Waals surface area contributed by atoms with E-state index in [1.165, 1.54) is 31.3 Å². The molecular formula is C27H41ClN2O3. The number of carbonyl (C=O) groups excluding carboxylic acids is 2. The summed E-state index contributed by atoms with van der Waals surface area (Å²) in [5.74, 6) is 2.68. The summed E-state index contributed by atoms with van der Waals surface area (Å²) < 4.78 is 0. The third-order valence-electron chi connectivity index (χ3n) is 10.4. The highest BCUT2D eigenvalue weighted by Gasteiger charge is 2.59. The Morgan fingerprint density at radius 2 is 1.91 bits per heavy atom. The average Bonchev–Trinajstić information content (AvgIpc) is 3.15. The van der Waals surface area contributed by atoms with Crippen LogP contribution in [0.3, 0.4) is 0 Å². The summed E-state index contributed by atoms with van der Waals surface area (Å²) >= 11 is 0. The minimum absolute atomic E-state index is 0. The second-order valence-electron chi connectivity index (χ2n) is 11.8. The average molecular weight is 477 g/mol. The predicted octanol–water partition coefficient (Wildman–Crippen LogP) is 5.48. The van der Waals surface area contributed by atoms with E-state index in [-0.39, 0.29) is 35.1 Å². The lowest BCUT2D eigenvalue weighted by atomic mass is 9.46. The first kappa shape index (κ1) is 24.9. The van der Waals surface area contributed by atoms with Crippen molar-refractivity contribution < 1.29 is 14.4 Å². The van der Waals surface area contributed by atoms with Crippen molar-refractivity contribution in [2.24, 2.45) is 45.6 Å². The zero-order chi connectivity index (χ0) is 22.5. The maximum atomic E-state index is 12.5. The fourth-order valence-corrected chi connectivity index (χ4v) is 8.55. The Labute approximate surface area is 204 Å². The molecule has 4 fully saturated rings. The van der Waals surface area contributed by atoms with Gasteiger partial charge in [-0.3, -0.25) is 4.79 Å². The first-order valence-corrected chi connectivity index (χ1v) is 13.0. The molecule has 0 unspecified atom stereocenters. The Kier molecular flexibility index (Phi) is 7.13. The van der Waals surface area contributed by atoms with E-state index >= 15 is 0 Å². The van der Waals surface area contributed by atoms with Crippen LogP contribution in [-0.4, -0.2) is 30.6 Å². The van der Waals surface area contributed by atoms with Gasteiger partial charge in [0, 0.05) is 18.9 Å². The second kappa shape index (κ2) is 9.45. The number of fused-ring (bicyclic) bond motifs is 5. The topological polar surface area (TPSA) is 67.8 Å². The molecule has 0 radical (unpaired) electrons.